The summed E-state index contributed by atoms with van der Waals surface area (Å²) in [5, 5.41) is 16.8. The molecule has 3 N–H and O–H groups in total. The van der Waals surface area contributed by atoms with Crippen molar-refractivity contribution in [2.24, 2.45) is 0 Å². The quantitative estimate of drug-likeness (QED) is 0.288. The van der Waals surface area contributed by atoms with Gasteiger partial charge >= 0.3 is 0 Å². The predicted molar refractivity (Wildman–Crippen MR) is 163 cm³/mol. The number of dihydropyridines is 1. The minimum atomic E-state index is -0.690. The van der Waals surface area contributed by atoms with Gasteiger partial charge in [-0.15, -0.1) is 0 Å². The van der Waals surface area contributed by atoms with E-state index in [0.717, 1.165) is 11.3 Å². The van der Waals surface area contributed by atoms with Crippen LogP contribution in [0.1, 0.15) is 49.7 Å². The molecule has 1 amide bonds. The molecule has 43 heavy (non-hydrogen) atoms. The van der Waals surface area contributed by atoms with Crippen molar-refractivity contribution >= 4 is 17.4 Å². The number of para-hydroxylation sites is 2. The number of phenols is 1. The first kappa shape index (κ1) is 29.6. The second kappa shape index (κ2) is 12.5. The minimum absolute atomic E-state index is 0.0158. The number of Topliss-reactive ketones (excluding diaryl/α,β-unsaturated/α-hetero) is 1. The van der Waals surface area contributed by atoms with Crippen LogP contribution in [-0.2, 0) is 9.59 Å². The fourth-order valence-corrected chi connectivity index (χ4v) is 5.93. The number of carbonyl (C=O) groups is 2. The number of aromatic hydroxyl groups is 1. The lowest BCUT2D eigenvalue weighted by Crippen LogP contribution is -2.37. The van der Waals surface area contributed by atoms with Gasteiger partial charge in [0.05, 0.1) is 33.6 Å². The van der Waals surface area contributed by atoms with E-state index in [0.29, 0.717) is 58.4 Å². The summed E-state index contributed by atoms with van der Waals surface area (Å²) >= 11 is 0. The Balaban J connectivity index is 1.58. The van der Waals surface area contributed by atoms with Gasteiger partial charge in [-0.05, 0) is 73.7 Å². The van der Waals surface area contributed by atoms with E-state index in [-0.39, 0.29) is 35.5 Å². The minimum Gasteiger partial charge on any atom is -0.504 e. The number of anilines is 1. The smallest absolute Gasteiger partial charge is 0.254 e. The molecule has 0 saturated carbocycles. The van der Waals surface area contributed by atoms with Crippen LogP contribution in [-0.4, -0.2) is 44.7 Å². The molecule has 224 valence electrons. The molecule has 0 aromatic heterocycles. The summed E-state index contributed by atoms with van der Waals surface area (Å²) in [7, 11) is 4.71. The standard InChI is InChI=1S/C34H36N2O7/c1-6-43-29-18-21(11-13-25(29)37)32-31(34(39)36-23-9-7-8-10-27(23)40-3)19(2)35-24-15-22(16-26(38)33(24)32)20-12-14-28(41-4)30(17-20)42-5/h7-14,17-18,22,32,35,37H,6,15-16H2,1-5H3,(H,36,39)/t22-,32-/m0/s1. The van der Waals surface area contributed by atoms with E-state index >= 15 is 0 Å². The molecule has 0 fully saturated rings. The number of phenolic OH excluding ortho intramolecular Hbond substituents is 1. The van der Waals surface area contributed by atoms with E-state index < -0.39 is 5.92 Å². The number of ether oxygens (including phenoxy) is 4. The Morgan fingerprint density at radius 1 is 0.907 bits per heavy atom. The van der Waals surface area contributed by atoms with Crippen LogP contribution in [0.5, 0.6) is 28.7 Å². The Morgan fingerprint density at radius 3 is 2.33 bits per heavy atom. The number of hydrogen-bond donors (Lipinski definition) is 3. The van der Waals surface area contributed by atoms with Crippen LogP contribution in [0.15, 0.2) is 83.2 Å². The monoisotopic (exact) mass is 584 g/mol. The number of carbonyl (C=O) groups excluding carboxylic acids is 2. The molecule has 9 heteroatoms. The highest BCUT2D eigenvalue weighted by Crippen LogP contribution is 2.47. The maximum Gasteiger partial charge on any atom is 0.254 e. The Hall–Kier alpha value is -4.92. The molecule has 1 heterocycles. The molecule has 0 unspecified atom stereocenters. The molecule has 0 radical (unpaired) electrons. The van der Waals surface area contributed by atoms with Gasteiger partial charge in [-0.2, -0.15) is 0 Å². The van der Waals surface area contributed by atoms with E-state index in [9.17, 15) is 14.7 Å². The molecular formula is C34H36N2O7. The Kier molecular flexibility index (Phi) is 8.61. The van der Waals surface area contributed by atoms with Crippen LogP contribution in [0.25, 0.3) is 0 Å². The number of methoxy groups -OCH3 is 3. The van der Waals surface area contributed by atoms with Gasteiger partial charge in [0.1, 0.15) is 5.75 Å². The fourth-order valence-electron chi connectivity index (χ4n) is 5.93. The number of nitrogens with one attached hydrogen (secondary N) is 2. The topological polar surface area (TPSA) is 115 Å². The predicted octanol–water partition coefficient (Wildman–Crippen LogP) is 5.82. The van der Waals surface area contributed by atoms with Crippen molar-refractivity contribution < 1.29 is 33.6 Å². The summed E-state index contributed by atoms with van der Waals surface area (Å²) in [5.74, 6) is 0.772. The SMILES string of the molecule is CCOc1cc([C@H]2C(C(=O)Nc3ccccc3OC)=C(C)NC3=C2C(=O)C[C@@H](c2ccc(OC)c(OC)c2)C3)ccc1O. The molecule has 9 nitrogen and oxygen atoms in total. The lowest BCUT2D eigenvalue weighted by molar-refractivity contribution is -0.116. The van der Waals surface area contributed by atoms with Gasteiger partial charge in [-0.1, -0.05) is 24.3 Å². The number of rotatable bonds is 9. The van der Waals surface area contributed by atoms with Gasteiger partial charge in [0.2, 0.25) is 0 Å². The maximum atomic E-state index is 14.1. The highest BCUT2D eigenvalue weighted by atomic mass is 16.5. The van der Waals surface area contributed by atoms with Gasteiger partial charge in [-0.3, -0.25) is 9.59 Å². The van der Waals surface area contributed by atoms with E-state index in [1.54, 1.807) is 45.6 Å². The number of hydrogen-bond acceptors (Lipinski definition) is 8. The third-order valence-electron chi connectivity index (χ3n) is 7.92. The fraction of sp³-hybridized carbons (Fsp3) is 0.294. The van der Waals surface area contributed by atoms with Crippen molar-refractivity contribution in [1.82, 2.24) is 5.32 Å². The summed E-state index contributed by atoms with van der Waals surface area (Å²) < 4.78 is 22.0. The van der Waals surface area contributed by atoms with Crippen molar-refractivity contribution in [2.75, 3.05) is 33.3 Å². The van der Waals surface area contributed by atoms with Crippen LogP contribution in [0.3, 0.4) is 0 Å². The van der Waals surface area contributed by atoms with Crippen molar-refractivity contribution in [2.45, 2.75) is 38.5 Å². The molecule has 0 bridgehead atoms. The summed E-state index contributed by atoms with van der Waals surface area (Å²) in [5.41, 5.74) is 4.45. The number of benzene rings is 3. The van der Waals surface area contributed by atoms with Gasteiger partial charge in [0.15, 0.2) is 28.8 Å². The zero-order valence-electron chi connectivity index (χ0n) is 24.9. The Morgan fingerprint density at radius 2 is 1.60 bits per heavy atom. The third-order valence-corrected chi connectivity index (χ3v) is 7.92. The van der Waals surface area contributed by atoms with Gasteiger partial charge in [-0.25, -0.2) is 0 Å². The number of allylic oxidation sites excluding steroid dienone is 3. The van der Waals surface area contributed by atoms with Gasteiger partial charge < -0.3 is 34.7 Å². The molecular weight excluding hydrogens is 548 g/mol. The highest BCUT2D eigenvalue weighted by molar-refractivity contribution is 6.10. The number of ketones is 1. The highest BCUT2D eigenvalue weighted by Gasteiger charge is 2.41. The lowest BCUT2D eigenvalue weighted by atomic mass is 9.71. The second-order valence-electron chi connectivity index (χ2n) is 10.4. The number of amides is 1. The molecule has 2 atom stereocenters. The molecule has 0 saturated heterocycles. The van der Waals surface area contributed by atoms with Crippen molar-refractivity contribution in [3.8, 4) is 28.7 Å². The summed E-state index contributed by atoms with van der Waals surface area (Å²) in [6, 6.07) is 17.8. The first-order chi connectivity index (χ1) is 20.8. The largest absolute Gasteiger partial charge is 0.504 e. The van der Waals surface area contributed by atoms with E-state index in [4.69, 9.17) is 18.9 Å². The molecule has 1 aliphatic heterocycles. The average molecular weight is 585 g/mol. The van der Waals surface area contributed by atoms with Gasteiger partial charge in [0.25, 0.3) is 5.91 Å². The summed E-state index contributed by atoms with van der Waals surface area (Å²) in [4.78, 5) is 28.1. The van der Waals surface area contributed by atoms with E-state index in [1.165, 1.54) is 6.07 Å². The first-order valence-corrected chi connectivity index (χ1v) is 14.2. The Labute approximate surface area is 251 Å². The summed E-state index contributed by atoms with van der Waals surface area (Å²) in [6.45, 7) is 4.01. The maximum absolute atomic E-state index is 14.1. The van der Waals surface area contributed by atoms with Crippen molar-refractivity contribution in [3.63, 3.8) is 0 Å². The van der Waals surface area contributed by atoms with Crippen molar-refractivity contribution in [1.29, 1.82) is 0 Å². The summed E-state index contributed by atoms with van der Waals surface area (Å²) in [6.07, 6.45) is 0.811. The second-order valence-corrected chi connectivity index (χ2v) is 10.4. The van der Waals surface area contributed by atoms with Crippen LogP contribution < -0.4 is 29.6 Å². The average Bonchev–Trinajstić information content (AvgIpc) is 3.01. The van der Waals surface area contributed by atoms with Crippen LogP contribution in [0, 0.1) is 0 Å². The molecule has 2 aliphatic rings. The molecule has 3 aromatic carbocycles. The molecule has 3 aromatic rings. The third kappa shape index (κ3) is 5.75. The van der Waals surface area contributed by atoms with Crippen LogP contribution in [0.4, 0.5) is 5.69 Å². The first-order valence-electron chi connectivity index (χ1n) is 14.2. The van der Waals surface area contributed by atoms with E-state index in [2.05, 4.69) is 10.6 Å². The Bertz CT molecular complexity index is 1620. The molecule has 5 rings (SSSR count). The van der Waals surface area contributed by atoms with Crippen LogP contribution in [0.2, 0.25) is 0 Å². The molecule has 0 spiro atoms. The normalized spacial score (nSPS) is 18.0. The van der Waals surface area contributed by atoms with Crippen molar-refractivity contribution in [3.05, 3.63) is 94.3 Å². The zero-order valence-corrected chi connectivity index (χ0v) is 24.9. The lowest BCUT2D eigenvalue weighted by Gasteiger charge is -2.37. The molecule has 1 aliphatic carbocycles. The van der Waals surface area contributed by atoms with E-state index in [1.807, 2.05) is 44.2 Å². The zero-order chi connectivity index (χ0) is 30.7. The van der Waals surface area contributed by atoms with Crippen LogP contribution >= 0.6 is 0 Å². The van der Waals surface area contributed by atoms with Gasteiger partial charge in [0, 0.05) is 34.9 Å².